The third-order valence-electron chi connectivity index (χ3n) is 6.04. The number of carbonyl (C=O) groups is 1. The van der Waals surface area contributed by atoms with Crippen molar-refractivity contribution < 1.29 is 4.79 Å². The molecule has 1 saturated heterocycles. The van der Waals surface area contributed by atoms with Crippen molar-refractivity contribution in [1.29, 1.82) is 0 Å². The number of fused-ring (bicyclic) bond motifs is 6. The Morgan fingerprint density at radius 1 is 1.30 bits per heavy atom. The summed E-state index contributed by atoms with van der Waals surface area (Å²) in [7, 11) is 0. The van der Waals surface area contributed by atoms with Gasteiger partial charge in [-0.1, -0.05) is 0 Å². The van der Waals surface area contributed by atoms with E-state index in [4.69, 9.17) is 0 Å². The minimum absolute atomic E-state index is 0.412. The molecule has 20 heavy (non-hydrogen) atoms. The van der Waals surface area contributed by atoms with Gasteiger partial charge in [-0.3, -0.25) is 9.69 Å². The Bertz CT molecular complexity index is 569. The molecule has 0 aromatic carbocycles. The fraction of sp³-hybridized carbons (Fsp3) is 0.688. The first-order valence-electron chi connectivity index (χ1n) is 7.89. The van der Waals surface area contributed by atoms with Crippen LogP contribution in [0.1, 0.15) is 29.7 Å². The van der Waals surface area contributed by atoms with E-state index in [1.807, 2.05) is 11.3 Å². The first kappa shape index (κ1) is 11.8. The van der Waals surface area contributed by atoms with E-state index in [2.05, 4.69) is 21.2 Å². The molecule has 2 aliphatic carbocycles. The Hall–Kier alpha value is -0.870. The molecule has 106 valence electrons. The van der Waals surface area contributed by atoms with E-state index < -0.39 is 0 Å². The highest BCUT2D eigenvalue weighted by atomic mass is 32.1. The fourth-order valence-corrected chi connectivity index (χ4v) is 6.01. The number of nitrogens with zero attached hydrogens (tertiary/aromatic N) is 2. The van der Waals surface area contributed by atoms with Crippen molar-refractivity contribution in [1.82, 2.24) is 9.80 Å². The highest BCUT2D eigenvalue weighted by Crippen LogP contribution is 2.56. The molecule has 5 rings (SSSR count). The van der Waals surface area contributed by atoms with Crippen molar-refractivity contribution in [2.75, 3.05) is 13.2 Å². The summed E-state index contributed by atoms with van der Waals surface area (Å²) in [6.45, 7) is 3.02. The van der Waals surface area contributed by atoms with Gasteiger partial charge in [0.2, 0.25) is 5.91 Å². The van der Waals surface area contributed by atoms with Gasteiger partial charge in [0.05, 0.1) is 12.6 Å². The van der Waals surface area contributed by atoms with Crippen LogP contribution in [0.25, 0.3) is 0 Å². The second-order valence-electron chi connectivity index (χ2n) is 6.97. The average molecular weight is 288 g/mol. The molecule has 1 aromatic rings. The lowest BCUT2D eigenvalue weighted by molar-refractivity contribution is -0.165. The summed E-state index contributed by atoms with van der Waals surface area (Å²) in [5.41, 5.74) is 1.48. The molecule has 4 heteroatoms. The predicted octanol–water partition coefficient (Wildman–Crippen LogP) is 2.32. The fourth-order valence-electron chi connectivity index (χ4n) is 5.12. The van der Waals surface area contributed by atoms with Gasteiger partial charge >= 0.3 is 0 Å². The predicted molar refractivity (Wildman–Crippen MR) is 78.3 cm³/mol. The molecule has 0 spiro atoms. The minimum atomic E-state index is 0.412. The van der Waals surface area contributed by atoms with E-state index in [1.165, 1.54) is 24.8 Å². The molecular formula is C16H20N2OS. The molecule has 2 saturated carbocycles. The minimum Gasteiger partial charge on any atom is -0.325 e. The Morgan fingerprint density at radius 3 is 3.15 bits per heavy atom. The number of likely N-dealkylation sites (tertiary alicyclic amines) is 1. The average Bonchev–Trinajstić information content (AvgIpc) is 3.16. The van der Waals surface area contributed by atoms with Crippen LogP contribution in [-0.2, 0) is 17.8 Å². The van der Waals surface area contributed by atoms with Crippen molar-refractivity contribution in [3.05, 3.63) is 21.9 Å². The molecule has 4 atom stereocenters. The van der Waals surface area contributed by atoms with Crippen LogP contribution < -0.4 is 0 Å². The number of rotatable bonds is 2. The van der Waals surface area contributed by atoms with Gasteiger partial charge in [0.15, 0.2) is 0 Å². The number of thiophene rings is 1. The molecule has 3 fully saturated rings. The zero-order chi connectivity index (χ0) is 13.3. The molecule has 1 amide bonds. The number of amides is 1. The van der Waals surface area contributed by atoms with Crippen LogP contribution in [0.4, 0.5) is 0 Å². The van der Waals surface area contributed by atoms with E-state index in [-0.39, 0.29) is 0 Å². The third-order valence-corrected chi connectivity index (χ3v) is 7.06. The maximum atomic E-state index is 12.4. The lowest BCUT2D eigenvalue weighted by Gasteiger charge is -2.51. The summed E-state index contributed by atoms with van der Waals surface area (Å²) < 4.78 is 0. The van der Waals surface area contributed by atoms with Crippen LogP contribution in [0.5, 0.6) is 0 Å². The second-order valence-corrected chi connectivity index (χ2v) is 7.97. The van der Waals surface area contributed by atoms with E-state index >= 15 is 0 Å². The van der Waals surface area contributed by atoms with Crippen molar-refractivity contribution in [3.8, 4) is 0 Å². The Morgan fingerprint density at radius 2 is 2.20 bits per heavy atom. The van der Waals surface area contributed by atoms with Gasteiger partial charge in [0.1, 0.15) is 0 Å². The summed E-state index contributed by atoms with van der Waals surface area (Å²) >= 11 is 1.88. The maximum absolute atomic E-state index is 12.4. The van der Waals surface area contributed by atoms with Crippen LogP contribution in [0.15, 0.2) is 11.4 Å². The topological polar surface area (TPSA) is 23.6 Å². The van der Waals surface area contributed by atoms with Gasteiger partial charge in [-0.05, 0) is 54.5 Å². The quantitative estimate of drug-likeness (QED) is 0.780. The molecule has 4 aliphatic rings. The SMILES string of the molecule is O=C1C2C3CCC(C3)C2N1CN1CCc2sccc2C1. The van der Waals surface area contributed by atoms with Crippen molar-refractivity contribution in [2.24, 2.45) is 17.8 Å². The lowest BCUT2D eigenvalue weighted by Crippen LogP contribution is -2.65. The van der Waals surface area contributed by atoms with Crippen molar-refractivity contribution in [3.63, 3.8) is 0 Å². The maximum Gasteiger partial charge on any atom is 0.229 e. The number of hydrogen-bond donors (Lipinski definition) is 0. The van der Waals surface area contributed by atoms with E-state index in [9.17, 15) is 4.79 Å². The van der Waals surface area contributed by atoms with E-state index in [0.29, 0.717) is 17.9 Å². The van der Waals surface area contributed by atoms with Crippen LogP contribution in [0.2, 0.25) is 0 Å². The standard InChI is InChI=1S/C16H20N2OS/c19-16-14-10-1-2-11(7-10)15(14)18(16)9-17-5-3-13-12(8-17)4-6-20-13/h4,6,10-11,14-15H,1-3,5,7-9H2. The van der Waals surface area contributed by atoms with Gasteiger partial charge in [0, 0.05) is 24.0 Å². The summed E-state index contributed by atoms with van der Waals surface area (Å²) in [6, 6.07) is 2.86. The first-order valence-corrected chi connectivity index (χ1v) is 8.77. The monoisotopic (exact) mass is 288 g/mol. The number of hydrogen-bond acceptors (Lipinski definition) is 3. The zero-order valence-corrected chi connectivity index (χ0v) is 12.4. The van der Waals surface area contributed by atoms with Gasteiger partial charge in [-0.25, -0.2) is 0 Å². The van der Waals surface area contributed by atoms with Crippen LogP contribution >= 0.6 is 11.3 Å². The summed E-state index contributed by atoms with van der Waals surface area (Å²) in [5.74, 6) is 2.43. The molecule has 3 nitrogen and oxygen atoms in total. The largest absolute Gasteiger partial charge is 0.325 e. The highest BCUT2D eigenvalue weighted by Gasteiger charge is 2.61. The van der Waals surface area contributed by atoms with Crippen molar-refractivity contribution >= 4 is 17.2 Å². The van der Waals surface area contributed by atoms with Crippen LogP contribution in [-0.4, -0.2) is 35.0 Å². The van der Waals surface area contributed by atoms with Gasteiger partial charge < -0.3 is 4.90 Å². The molecule has 0 radical (unpaired) electrons. The van der Waals surface area contributed by atoms with E-state index in [1.54, 1.807) is 4.88 Å². The molecule has 0 N–H and O–H groups in total. The Kier molecular flexibility index (Phi) is 2.40. The summed E-state index contributed by atoms with van der Waals surface area (Å²) in [6.07, 6.45) is 5.17. The number of carbonyl (C=O) groups excluding carboxylic acids is 1. The smallest absolute Gasteiger partial charge is 0.229 e. The third kappa shape index (κ3) is 1.47. The molecule has 1 aromatic heterocycles. The Labute approximate surface area is 123 Å². The van der Waals surface area contributed by atoms with Gasteiger partial charge in [0.25, 0.3) is 0 Å². The van der Waals surface area contributed by atoms with Gasteiger partial charge in [-0.15, -0.1) is 11.3 Å². The molecular weight excluding hydrogens is 268 g/mol. The number of β-lactam (4-membered cyclic amide) rings is 1. The van der Waals surface area contributed by atoms with Gasteiger partial charge in [-0.2, -0.15) is 0 Å². The molecule has 4 unspecified atom stereocenters. The van der Waals surface area contributed by atoms with E-state index in [0.717, 1.165) is 38.0 Å². The zero-order valence-electron chi connectivity index (χ0n) is 11.6. The molecule has 3 heterocycles. The highest BCUT2D eigenvalue weighted by molar-refractivity contribution is 7.10. The lowest BCUT2D eigenvalue weighted by atomic mass is 9.76. The first-order chi connectivity index (χ1) is 9.81. The second kappa shape index (κ2) is 4.08. The molecule has 2 bridgehead atoms. The Balaban J connectivity index is 1.30. The summed E-state index contributed by atoms with van der Waals surface area (Å²) in [4.78, 5) is 18.6. The summed E-state index contributed by atoms with van der Waals surface area (Å²) in [5, 5.41) is 2.20. The molecule has 2 aliphatic heterocycles. The van der Waals surface area contributed by atoms with Crippen LogP contribution in [0.3, 0.4) is 0 Å². The van der Waals surface area contributed by atoms with Crippen LogP contribution in [0, 0.1) is 17.8 Å². The normalized spacial score (nSPS) is 38.8. The van der Waals surface area contributed by atoms with Crippen molar-refractivity contribution in [2.45, 2.75) is 38.3 Å².